The van der Waals surface area contributed by atoms with Crippen molar-refractivity contribution in [2.75, 3.05) is 17.3 Å². The molecule has 0 saturated heterocycles. The summed E-state index contributed by atoms with van der Waals surface area (Å²) in [6.45, 7) is 1.61. The summed E-state index contributed by atoms with van der Waals surface area (Å²) in [5.74, 6) is -1.99. The van der Waals surface area contributed by atoms with E-state index in [4.69, 9.17) is 10.8 Å². The Hall–Kier alpha value is -1.93. The Balaban J connectivity index is 2.84. The average molecular weight is 314 g/mol. The van der Waals surface area contributed by atoms with Gasteiger partial charge in [0.15, 0.2) is 0 Å². The molecule has 1 rings (SSSR count). The molecule has 0 aliphatic rings. The van der Waals surface area contributed by atoms with Gasteiger partial charge in [-0.3, -0.25) is 4.79 Å². The highest BCUT2D eigenvalue weighted by atomic mass is 32.2. The fourth-order valence-corrected chi connectivity index (χ4v) is 2.44. The number of carboxylic acids is 1. The summed E-state index contributed by atoms with van der Waals surface area (Å²) in [5, 5.41) is 11.6. The highest BCUT2D eigenvalue weighted by Crippen LogP contribution is 2.19. The van der Waals surface area contributed by atoms with Crippen molar-refractivity contribution in [1.82, 2.24) is 0 Å². The molecule has 1 aromatic rings. The van der Waals surface area contributed by atoms with Crippen LogP contribution in [-0.2, 0) is 14.6 Å². The van der Waals surface area contributed by atoms with Crippen molar-refractivity contribution >= 4 is 27.4 Å². The molecule has 116 valence electrons. The first-order chi connectivity index (χ1) is 9.61. The first kappa shape index (κ1) is 17.1. The molecular formula is C13H18N2O5S. The fourth-order valence-electron chi connectivity index (χ4n) is 1.75. The number of aromatic carboxylic acids is 1. The minimum absolute atomic E-state index is 0.0128. The number of benzene rings is 1. The van der Waals surface area contributed by atoms with Gasteiger partial charge in [0, 0.05) is 6.26 Å². The lowest BCUT2D eigenvalue weighted by Gasteiger charge is -2.14. The number of hydrogen-bond acceptors (Lipinski definition) is 5. The molecule has 0 radical (unpaired) electrons. The van der Waals surface area contributed by atoms with Gasteiger partial charge in [0.25, 0.3) is 0 Å². The van der Waals surface area contributed by atoms with Crippen molar-refractivity contribution in [1.29, 1.82) is 0 Å². The zero-order valence-electron chi connectivity index (χ0n) is 11.8. The van der Waals surface area contributed by atoms with Gasteiger partial charge in [-0.05, 0) is 25.0 Å². The number of sulfone groups is 1. The smallest absolute Gasteiger partial charge is 0.338 e. The Morgan fingerprint density at radius 2 is 2.00 bits per heavy atom. The second kappa shape index (κ2) is 6.68. The molecule has 0 heterocycles. The van der Waals surface area contributed by atoms with Gasteiger partial charge in [-0.2, -0.15) is 0 Å². The molecule has 0 bridgehead atoms. The highest BCUT2D eigenvalue weighted by Gasteiger charge is 2.19. The SMILES string of the molecule is Cc1cccc(NC(=O)C(N)CCS(C)(=O)=O)c1C(=O)O. The van der Waals surface area contributed by atoms with Crippen molar-refractivity contribution in [3.8, 4) is 0 Å². The molecule has 0 aliphatic carbocycles. The van der Waals surface area contributed by atoms with E-state index in [9.17, 15) is 18.0 Å². The van der Waals surface area contributed by atoms with Crippen LogP contribution < -0.4 is 11.1 Å². The van der Waals surface area contributed by atoms with E-state index in [1.165, 1.54) is 6.07 Å². The standard InChI is InChI=1S/C13H18N2O5S/c1-8-4-3-5-10(11(8)13(17)18)15-12(16)9(14)6-7-21(2,19)20/h3-5,9H,6-7,14H2,1-2H3,(H,15,16)(H,17,18). The maximum Gasteiger partial charge on any atom is 0.338 e. The Morgan fingerprint density at radius 1 is 1.38 bits per heavy atom. The minimum Gasteiger partial charge on any atom is -0.478 e. The molecule has 0 aliphatic heterocycles. The predicted octanol–water partition coefficient (Wildman–Crippen LogP) is 0.394. The van der Waals surface area contributed by atoms with E-state index in [2.05, 4.69) is 5.32 Å². The third-order valence-electron chi connectivity index (χ3n) is 2.88. The van der Waals surface area contributed by atoms with E-state index >= 15 is 0 Å². The van der Waals surface area contributed by atoms with Crippen LogP contribution in [0.2, 0.25) is 0 Å². The Labute approximate surface area is 123 Å². The molecule has 0 fully saturated rings. The third-order valence-corrected chi connectivity index (χ3v) is 3.86. The lowest BCUT2D eigenvalue weighted by atomic mass is 10.1. The first-order valence-corrected chi connectivity index (χ1v) is 8.25. The lowest BCUT2D eigenvalue weighted by molar-refractivity contribution is -0.117. The van der Waals surface area contributed by atoms with Crippen LogP contribution in [0.25, 0.3) is 0 Å². The molecule has 1 amide bonds. The van der Waals surface area contributed by atoms with Crippen molar-refractivity contribution in [3.05, 3.63) is 29.3 Å². The molecule has 1 unspecified atom stereocenters. The van der Waals surface area contributed by atoms with E-state index in [-0.39, 0.29) is 23.4 Å². The number of nitrogens with one attached hydrogen (secondary N) is 1. The molecule has 21 heavy (non-hydrogen) atoms. The summed E-state index contributed by atoms with van der Waals surface area (Å²) in [5.41, 5.74) is 6.25. The number of rotatable bonds is 6. The molecule has 0 aromatic heterocycles. The summed E-state index contributed by atoms with van der Waals surface area (Å²) in [6.07, 6.45) is 1.03. The third kappa shape index (κ3) is 5.16. The van der Waals surface area contributed by atoms with Crippen LogP contribution in [0, 0.1) is 6.92 Å². The lowest BCUT2D eigenvalue weighted by Crippen LogP contribution is -2.37. The van der Waals surface area contributed by atoms with Gasteiger partial charge in [0.05, 0.1) is 23.0 Å². The van der Waals surface area contributed by atoms with Crippen molar-refractivity contribution in [2.24, 2.45) is 5.73 Å². The fraction of sp³-hybridized carbons (Fsp3) is 0.385. The maximum absolute atomic E-state index is 11.9. The number of amides is 1. The quantitative estimate of drug-likeness (QED) is 0.697. The highest BCUT2D eigenvalue weighted by molar-refractivity contribution is 7.90. The number of anilines is 1. The van der Waals surface area contributed by atoms with Crippen LogP contribution in [0.5, 0.6) is 0 Å². The molecule has 1 atom stereocenters. The van der Waals surface area contributed by atoms with Gasteiger partial charge >= 0.3 is 5.97 Å². The van der Waals surface area contributed by atoms with Gasteiger partial charge in [0.1, 0.15) is 9.84 Å². The summed E-state index contributed by atoms with van der Waals surface area (Å²) in [4.78, 5) is 23.1. The number of hydrogen-bond donors (Lipinski definition) is 3. The molecular weight excluding hydrogens is 296 g/mol. The summed E-state index contributed by atoms with van der Waals surface area (Å²) in [6, 6.07) is 3.65. The van der Waals surface area contributed by atoms with E-state index in [0.29, 0.717) is 5.56 Å². The minimum atomic E-state index is -3.21. The maximum atomic E-state index is 11.9. The topological polar surface area (TPSA) is 127 Å². The van der Waals surface area contributed by atoms with E-state index in [1.807, 2.05) is 0 Å². The van der Waals surface area contributed by atoms with E-state index in [0.717, 1.165) is 6.26 Å². The Morgan fingerprint density at radius 3 is 2.52 bits per heavy atom. The van der Waals surface area contributed by atoms with Crippen LogP contribution >= 0.6 is 0 Å². The molecule has 7 nitrogen and oxygen atoms in total. The van der Waals surface area contributed by atoms with Gasteiger partial charge < -0.3 is 16.2 Å². The van der Waals surface area contributed by atoms with Gasteiger partial charge in [-0.25, -0.2) is 13.2 Å². The molecule has 8 heteroatoms. The van der Waals surface area contributed by atoms with Gasteiger partial charge in [-0.15, -0.1) is 0 Å². The summed E-state index contributed by atoms with van der Waals surface area (Å²) >= 11 is 0. The molecule has 0 spiro atoms. The zero-order chi connectivity index (χ0) is 16.2. The van der Waals surface area contributed by atoms with E-state index in [1.54, 1.807) is 19.1 Å². The van der Waals surface area contributed by atoms with Crippen LogP contribution in [-0.4, -0.2) is 43.5 Å². The van der Waals surface area contributed by atoms with Gasteiger partial charge in [-0.1, -0.05) is 12.1 Å². The van der Waals surface area contributed by atoms with Crippen LogP contribution in [0.15, 0.2) is 18.2 Å². The largest absolute Gasteiger partial charge is 0.478 e. The Bertz CT molecular complexity index is 655. The second-order valence-electron chi connectivity index (χ2n) is 4.82. The monoisotopic (exact) mass is 314 g/mol. The number of aryl methyl sites for hydroxylation is 1. The predicted molar refractivity (Wildman–Crippen MR) is 79.1 cm³/mol. The number of carboxylic acid groups (broad SMARTS) is 1. The van der Waals surface area contributed by atoms with E-state index < -0.39 is 27.8 Å². The van der Waals surface area contributed by atoms with Crippen molar-refractivity contribution < 1.29 is 23.1 Å². The van der Waals surface area contributed by atoms with Crippen molar-refractivity contribution in [3.63, 3.8) is 0 Å². The molecule has 1 aromatic carbocycles. The number of carbonyl (C=O) groups is 2. The first-order valence-electron chi connectivity index (χ1n) is 6.19. The number of carbonyl (C=O) groups excluding carboxylic acids is 1. The second-order valence-corrected chi connectivity index (χ2v) is 7.08. The Kier molecular flexibility index (Phi) is 5.45. The number of nitrogens with two attached hydrogens (primary N) is 1. The average Bonchev–Trinajstić information content (AvgIpc) is 2.34. The zero-order valence-corrected chi connectivity index (χ0v) is 12.6. The van der Waals surface area contributed by atoms with Gasteiger partial charge in [0.2, 0.25) is 5.91 Å². The van der Waals surface area contributed by atoms with Crippen LogP contribution in [0.4, 0.5) is 5.69 Å². The van der Waals surface area contributed by atoms with Crippen LogP contribution in [0.1, 0.15) is 22.3 Å². The van der Waals surface area contributed by atoms with Crippen molar-refractivity contribution in [2.45, 2.75) is 19.4 Å². The molecule has 0 saturated carbocycles. The molecule has 4 N–H and O–H groups in total. The summed E-state index contributed by atoms with van der Waals surface area (Å²) < 4.78 is 22.1. The normalized spacial score (nSPS) is 12.7. The summed E-state index contributed by atoms with van der Waals surface area (Å²) in [7, 11) is -3.21. The van der Waals surface area contributed by atoms with Crippen LogP contribution in [0.3, 0.4) is 0 Å².